The number of alkyl halides is 1. The van der Waals surface area contributed by atoms with Gasteiger partial charge in [0.05, 0.1) is 13.2 Å². The van der Waals surface area contributed by atoms with Gasteiger partial charge in [0.1, 0.15) is 6.61 Å². The van der Waals surface area contributed by atoms with Crippen molar-refractivity contribution in [3.8, 4) is 5.75 Å². The highest BCUT2D eigenvalue weighted by atomic mass is 35.5. The molecule has 1 aromatic rings. The fourth-order valence-electron chi connectivity index (χ4n) is 1.04. The number of rotatable bonds is 6. The molecule has 2 nitrogen and oxygen atoms in total. The maximum absolute atomic E-state index is 13.0. The molecule has 0 spiro atoms. The molecule has 96 valence electrons. The zero-order valence-corrected chi connectivity index (χ0v) is 9.37. The second-order valence-electron chi connectivity index (χ2n) is 2.95. The van der Waals surface area contributed by atoms with Crippen LogP contribution in [0.3, 0.4) is 0 Å². The molecule has 0 heterocycles. The Balaban J connectivity index is 2.64. The summed E-state index contributed by atoms with van der Waals surface area (Å²) in [6, 6.07) is 0.113. The van der Waals surface area contributed by atoms with Gasteiger partial charge < -0.3 is 9.47 Å². The molecule has 0 atom stereocenters. The SMILES string of the molecule is Fc1cc(F)c(F)c(OCCOCCCl)c1F. The predicted octanol–water partition coefficient (Wildman–Crippen LogP) is 2.88. The number of halogens is 5. The Morgan fingerprint density at radius 3 is 2.06 bits per heavy atom. The van der Waals surface area contributed by atoms with Crippen LogP contribution in [0.1, 0.15) is 0 Å². The van der Waals surface area contributed by atoms with Crippen LogP contribution in [0.4, 0.5) is 17.6 Å². The lowest BCUT2D eigenvalue weighted by atomic mass is 10.3. The maximum Gasteiger partial charge on any atom is 0.203 e. The third kappa shape index (κ3) is 3.74. The number of hydrogen-bond acceptors (Lipinski definition) is 2. The van der Waals surface area contributed by atoms with Gasteiger partial charge in [0.2, 0.25) is 11.6 Å². The van der Waals surface area contributed by atoms with Crippen molar-refractivity contribution in [1.29, 1.82) is 0 Å². The first kappa shape index (κ1) is 14.1. The predicted molar refractivity (Wildman–Crippen MR) is 53.3 cm³/mol. The van der Waals surface area contributed by atoms with E-state index in [0.29, 0.717) is 0 Å². The normalized spacial score (nSPS) is 10.6. The summed E-state index contributed by atoms with van der Waals surface area (Å²) in [6.07, 6.45) is 0. The third-order valence-corrected chi connectivity index (χ3v) is 1.92. The minimum absolute atomic E-state index is 0.00370. The van der Waals surface area contributed by atoms with E-state index in [9.17, 15) is 17.6 Å². The van der Waals surface area contributed by atoms with E-state index < -0.39 is 29.0 Å². The molecule has 0 fully saturated rings. The van der Waals surface area contributed by atoms with Gasteiger partial charge in [-0.25, -0.2) is 8.78 Å². The summed E-state index contributed by atoms with van der Waals surface area (Å²) < 4.78 is 61.0. The first-order valence-electron chi connectivity index (χ1n) is 4.67. The lowest BCUT2D eigenvalue weighted by Crippen LogP contribution is -2.11. The second-order valence-corrected chi connectivity index (χ2v) is 3.33. The van der Waals surface area contributed by atoms with Gasteiger partial charge in [-0.15, -0.1) is 11.6 Å². The fraction of sp³-hybridized carbons (Fsp3) is 0.400. The minimum atomic E-state index is -1.57. The molecule has 0 radical (unpaired) electrons. The summed E-state index contributed by atoms with van der Waals surface area (Å²) in [5.74, 6) is -6.99. The Hall–Kier alpha value is -1.01. The molecule has 17 heavy (non-hydrogen) atoms. The Labute approximate surface area is 100 Å². The maximum atomic E-state index is 13.0. The van der Waals surface area contributed by atoms with E-state index in [1.165, 1.54) is 0 Å². The second kappa shape index (κ2) is 6.66. The van der Waals surface area contributed by atoms with Crippen molar-refractivity contribution >= 4 is 11.6 Å². The number of ether oxygens (including phenoxy) is 2. The van der Waals surface area contributed by atoms with Crippen LogP contribution < -0.4 is 4.74 Å². The van der Waals surface area contributed by atoms with Gasteiger partial charge in [0.15, 0.2) is 17.4 Å². The van der Waals surface area contributed by atoms with Crippen molar-refractivity contribution in [1.82, 2.24) is 0 Å². The molecule has 0 saturated heterocycles. The average Bonchev–Trinajstić information content (AvgIpc) is 2.30. The van der Waals surface area contributed by atoms with Crippen LogP contribution in [0.25, 0.3) is 0 Å². The zero-order valence-electron chi connectivity index (χ0n) is 8.61. The van der Waals surface area contributed by atoms with Crippen molar-refractivity contribution in [3.63, 3.8) is 0 Å². The summed E-state index contributed by atoms with van der Waals surface area (Å²) >= 11 is 5.30. The van der Waals surface area contributed by atoms with Crippen LogP contribution in [0.2, 0.25) is 0 Å². The number of hydrogen-bond donors (Lipinski definition) is 0. The topological polar surface area (TPSA) is 18.5 Å². The van der Waals surface area contributed by atoms with Crippen molar-refractivity contribution in [3.05, 3.63) is 29.3 Å². The van der Waals surface area contributed by atoms with Crippen LogP contribution in [-0.4, -0.2) is 25.7 Å². The molecule has 0 aliphatic rings. The molecule has 0 aliphatic carbocycles. The van der Waals surface area contributed by atoms with E-state index in [0.717, 1.165) is 0 Å². The van der Waals surface area contributed by atoms with E-state index in [1.807, 2.05) is 0 Å². The Morgan fingerprint density at radius 2 is 1.53 bits per heavy atom. The highest BCUT2D eigenvalue weighted by molar-refractivity contribution is 6.17. The largest absolute Gasteiger partial charge is 0.485 e. The van der Waals surface area contributed by atoms with E-state index >= 15 is 0 Å². The molecule has 0 bridgehead atoms. The van der Waals surface area contributed by atoms with E-state index in [4.69, 9.17) is 16.3 Å². The van der Waals surface area contributed by atoms with E-state index in [2.05, 4.69) is 4.74 Å². The highest BCUT2D eigenvalue weighted by Crippen LogP contribution is 2.26. The summed E-state index contributed by atoms with van der Waals surface area (Å²) in [7, 11) is 0. The van der Waals surface area contributed by atoms with Crippen molar-refractivity contribution in [2.24, 2.45) is 0 Å². The standard InChI is InChI=1S/C10H9ClF4O2/c11-1-2-16-3-4-17-10-8(14)6(12)5-7(13)9(10)15/h5H,1-4H2. The van der Waals surface area contributed by atoms with Crippen LogP contribution >= 0.6 is 11.6 Å². The minimum Gasteiger partial charge on any atom is -0.485 e. The molecule has 7 heteroatoms. The van der Waals surface area contributed by atoms with E-state index in [1.54, 1.807) is 0 Å². The van der Waals surface area contributed by atoms with Crippen molar-refractivity contribution in [2.75, 3.05) is 25.7 Å². The summed E-state index contributed by atoms with van der Waals surface area (Å²) in [4.78, 5) is 0. The fourth-order valence-corrected chi connectivity index (χ4v) is 1.15. The van der Waals surface area contributed by atoms with Crippen LogP contribution in [0.5, 0.6) is 5.75 Å². The Bertz CT molecular complexity index is 361. The molecular formula is C10H9ClF4O2. The summed E-state index contributed by atoms with van der Waals surface area (Å²) in [5.41, 5.74) is 0. The Kier molecular flexibility index (Phi) is 5.50. The average molecular weight is 273 g/mol. The lowest BCUT2D eigenvalue weighted by molar-refractivity contribution is 0.107. The van der Waals surface area contributed by atoms with Crippen LogP contribution in [-0.2, 0) is 4.74 Å². The quantitative estimate of drug-likeness (QED) is 0.343. The van der Waals surface area contributed by atoms with Gasteiger partial charge in [-0.1, -0.05) is 0 Å². The van der Waals surface area contributed by atoms with Crippen LogP contribution in [0, 0.1) is 23.3 Å². The molecule has 1 aromatic carbocycles. The lowest BCUT2D eigenvalue weighted by Gasteiger charge is -2.09. The first-order valence-corrected chi connectivity index (χ1v) is 5.21. The van der Waals surface area contributed by atoms with Crippen molar-refractivity contribution < 1.29 is 27.0 Å². The Morgan fingerprint density at radius 1 is 0.941 bits per heavy atom. The molecule has 0 aliphatic heterocycles. The summed E-state index contributed by atoms with van der Waals surface area (Å²) in [5, 5.41) is 0. The van der Waals surface area contributed by atoms with E-state index in [-0.39, 0.29) is 31.8 Å². The van der Waals surface area contributed by atoms with Crippen LogP contribution in [0.15, 0.2) is 6.07 Å². The number of benzene rings is 1. The monoisotopic (exact) mass is 272 g/mol. The van der Waals surface area contributed by atoms with Gasteiger partial charge in [-0.05, 0) is 0 Å². The zero-order chi connectivity index (χ0) is 12.8. The molecule has 0 aromatic heterocycles. The highest BCUT2D eigenvalue weighted by Gasteiger charge is 2.20. The molecule has 0 amide bonds. The smallest absolute Gasteiger partial charge is 0.203 e. The van der Waals surface area contributed by atoms with Crippen molar-refractivity contribution in [2.45, 2.75) is 0 Å². The molecule has 0 saturated carbocycles. The van der Waals surface area contributed by atoms with Gasteiger partial charge in [0.25, 0.3) is 0 Å². The van der Waals surface area contributed by atoms with Gasteiger partial charge in [-0.3, -0.25) is 0 Å². The molecule has 0 N–H and O–H groups in total. The molecule has 0 unspecified atom stereocenters. The van der Waals surface area contributed by atoms with Gasteiger partial charge >= 0.3 is 0 Å². The molecule has 1 rings (SSSR count). The third-order valence-electron chi connectivity index (χ3n) is 1.77. The van der Waals surface area contributed by atoms with Gasteiger partial charge in [-0.2, -0.15) is 8.78 Å². The first-order chi connectivity index (χ1) is 8.07. The molecular weight excluding hydrogens is 264 g/mol. The van der Waals surface area contributed by atoms with Gasteiger partial charge in [0, 0.05) is 11.9 Å². The summed E-state index contributed by atoms with van der Waals surface area (Å²) in [6.45, 7) is 0.00471.